The maximum absolute atomic E-state index is 13.5. The standard InChI is InChI=1S/C17H23FN2O3/c1-12-4-6-14(9-15(12)18)19-16(21)11-20-8-2-3-13(10-20)5-7-17(22)23/h4,6,9,13H,2-3,5,7-8,10-11H2,1H3,(H,19,21)(H,22,23). The van der Waals surface area contributed by atoms with E-state index in [1.54, 1.807) is 19.1 Å². The molecule has 0 radical (unpaired) electrons. The molecule has 1 aromatic rings. The number of anilines is 1. The number of carbonyl (C=O) groups is 2. The molecule has 1 saturated heterocycles. The quantitative estimate of drug-likeness (QED) is 0.845. The van der Waals surface area contributed by atoms with Crippen LogP contribution in [0.25, 0.3) is 0 Å². The molecule has 1 heterocycles. The summed E-state index contributed by atoms with van der Waals surface area (Å²) in [6.45, 7) is 3.49. The van der Waals surface area contributed by atoms with Gasteiger partial charge in [0.15, 0.2) is 0 Å². The van der Waals surface area contributed by atoms with Gasteiger partial charge in [-0.1, -0.05) is 6.07 Å². The highest BCUT2D eigenvalue weighted by Crippen LogP contribution is 2.21. The number of nitrogens with zero attached hydrogens (tertiary/aromatic N) is 1. The topological polar surface area (TPSA) is 69.6 Å². The Labute approximate surface area is 135 Å². The highest BCUT2D eigenvalue weighted by Gasteiger charge is 2.22. The summed E-state index contributed by atoms with van der Waals surface area (Å²) in [7, 11) is 0. The minimum atomic E-state index is -0.777. The Morgan fingerprint density at radius 3 is 2.91 bits per heavy atom. The molecular weight excluding hydrogens is 299 g/mol. The van der Waals surface area contributed by atoms with Crippen LogP contribution in [-0.2, 0) is 9.59 Å². The normalized spacial score (nSPS) is 18.6. The number of halogens is 1. The molecule has 0 aromatic heterocycles. The van der Waals surface area contributed by atoms with Crippen LogP contribution in [0.3, 0.4) is 0 Å². The van der Waals surface area contributed by atoms with E-state index in [1.807, 2.05) is 4.90 Å². The van der Waals surface area contributed by atoms with E-state index in [0.717, 1.165) is 25.9 Å². The number of amides is 1. The summed E-state index contributed by atoms with van der Waals surface area (Å²) in [6, 6.07) is 4.63. The van der Waals surface area contributed by atoms with E-state index < -0.39 is 5.97 Å². The first-order valence-electron chi connectivity index (χ1n) is 7.94. The summed E-state index contributed by atoms with van der Waals surface area (Å²) in [5.74, 6) is -0.965. The summed E-state index contributed by atoms with van der Waals surface area (Å²) < 4.78 is 13.5. The number of aliphatic carboxylic acids is 1. The van der Waals surface area contributed by atoms with Crippen molar-refractivity contribution in [3.05, 3.63) is 29.6 Å². The van der Waals surface area contributed by atoms with Crippen LogP contribution in [-0.4, -0.2) is 41.5 Å². The van der Waals surface area contributed by atoms with E-state index in [-0.39, 0.29) is 24.7 Å². The van der Waals surface area contributed by atoms with Gasteiger partial charge in [0.1, 0.15) is 5.82 Å². The zero-order valence-corrected chi connectivity index (χ0v) is 13.3. The molecule has 23 heavy (non-hydrogen) atoms. The number of carboxylic acid groups (broad SMARTS) is 1. The first-order chi connectivity index (χ1) is 10.9. The first-order valence-corrected chi connectivity index (χ1v) is 7.94. The van der Waals surface area contributed by atoms with Gasteiger partial charge in [-0.05, 0) is 56.3 Å². The third-order valence-electron chi connectivity index (χ3n) is 4.19. The van der Waals surface area contributed by atoms with Crippen LogP contribution in [0.1, 0.15) is 31.2 Å². The van der Waals surface area contributed by atoms with Crippen LogP contribution in [0.4, 0.5) is 10.1 Å². The van der Waals surface area contributed by atoms with E-state index in [0.29, 0.717) is 23.6 Å². The number of aryl methyl sites for hydroxylation is 1. The Bertz CT molecular complexity index is 577. The second-order valence-electron chi connectivity index (χ2n) is 6.19. The predicted molar refractivity (Wildman–Crippen MR) is 85.8 cm³/mol. The van der Waals surface area contributed by atoms with Crippen LogP contribution in [0.2, 0.25) is 0 Å². The third kappa shape index (κ3) is 5.63. The van der Waals surface area contributed by atoms with Crippen molar-refractivity contribution in [2.45, 2.75) is 32.6 Å². The van der Waals surface area contributed by atoms with Crippen molar-refractivity contribution >= 4 is 17.6 Å². The molecule has 1 aromatic carbocycles. The van der Waals surface area contributed by atoms with Gasteiger partial charge in [0.05, 0.1) is 6.54 Å². The lowest BCUT2D eigenvalue weighted by atomic mass is 9.93. The molecule has 1 atom stereocenters. The molecule has 1 amide bonds. The molecule has 5 nitrogen and oxygen atoms in total. The maximum Gasteiger partial charge on any atom is 0.303 e. The molecule has 1 aliphatic heterocycles. The molecule has 1 fully saturated rings. The Morgan fingerprint density at radius 2 is 2.22 bits per heavy atom. The number of hydrogen-bond donors (Lipinski definition) is 2. The molecular formula is C17H23FN2O3. The number of likely N-dealkylation sites (tertiary alicyclic amines) is 1. The number of nitrogens with one attached hydrogen (secondary N) is 1. The van der Waals surface area contributed by atoms with Crippen LogP contribution in [0, 0.1) is 18.7 Å². The van der Waals surface area contributed by atoms with E-state index in [2.05, 4.69) is 5.32 Å². The van der Waals surface area contributed by atoms with Gasteiger partial charge in [0, 0.05) is 18.7 Å². The van der Waals surface area contributed by atoms with Gasteiger partial charge in [0.2, 0.25) is 5.91 Å². The summed E-state index contributed by atoms with van der Waals surface area (Å²) in [4.78, 5) is 24.8. The minimum absolute atomic E-state index is 0.174. The molecule has 1 aliphatic rings. The number of carbonyl (C=O) groups excluding carboxylic acids is 1. The van der Waals surface area contributed by atoms with Gasteiger partial charge in [-0.3, -0.25) is 14.5 Å². The summed E-state index contributed by atoms with van der Waals surface area (Å²) in [5, 5.41) is 11.5. The number of benzene rings is 1. The Hall–Kier alpha value is -1.95. The minimum Gasteiger partial charge on any atom is -0.481 e. The van der Waals surface area contributed by atoms with Crippen LogP contribution >= 0.6 is 0 Å². The van der Waals surface area contributed by atoms with Crippen LogP contribution < -0.4 is 5.32 Å². The van der Waals surface area contributed by atoms with E-state index in [9.17, 15) is 14.0 Å². The second kappa shape index (κ2) is 8.06. The van der Waals surface area contributed by atoms with Crippen molar-refractivity contribution in [3.8, 4) is 0 Å². The van der Waals surface area contributed by atoms with Crippen molar-refractivity contribution in [3.63, 3.8) is 0 Å². The summed E-state index contributed by atoms with van der Waals surface area (Å²) in [5.41, 5.74) is 0.998. The molecule has 126 valence electrons. The second-order valence-corrected chi connectivity index (χ2v) is 6.19. The molecule has 2 N–H and O–H groups in total. The van der Waals surface area contributed by atoms with E-state index in [1.165, 1.54) is 6.07 Å². The monoisotopic (exact) mass is 322 g/mol. The van der Waals surface area contributed by atoms with Gasteiger partial charge in [0.25, 0.3) is 0 Å². The molecule has 2 rings (SSSR count). The van der Waals surface area contributed by atoms with E-state index in [4.69, 9.17) is 5.11 Å². The lowest BCUT2D eigenvalue weighted by molar-refractivity contribution is -0.137. The van der Waals surface area contributed by atoms with Crippen LogP contribution in [0.5, 0.6) is 0 Å². The number of carboxylic acids is 1. The highest BCUT2D eigenvalue weighted by molar-refractivity contribution is 5.92. The van der Waals surface area contributed by atoms with Crippen LogP contribution in [0.15, 0.2) is 18.2 Å². The molecule has 0 bridgehead atoms. The fourth-order valence-corrected chi connectivity index (χ4v) is 2.93. The maximum atomic E-state index is 13.5. The number of piperidine rings is 1. The fraction of sp³-hybridized carbons (Fsp3) is 0.529. The zero-order valence-electron chi connectivity index (χ0n) is 13.3. The van der Waals surface area contributed by atoms with E-state index >= 15 is 0 Å². The average Bonchev–Trinajstić information content (AvgIpc) is 2.49. The molecule has 0 aliphatic carbocycles. The largest absolute Gasteiger partial charge is 0.481 e. The fourth-order valence-electron chi connectivity index (χ4n) is 2.93. The Morgan fingerprint density at radius 1 is 1.43 bits per heavy atom. The Kier molecular flexibility index (Phi) is 6.10. The van der Waals surface area contributed by atoms with Crippen molar-refractivity contribution in [2.24, 2.45) is 5.92 Å². The third-order valence-corrected chi connectivity index (χ3v) is 4.19. The van der Waals surface area contributed by atoms with Gasteiger partial charge in [-0.15, -0.1) is 0 Å². The Balaban J connectivity index is 1.82. The first kappa shape index (κ1) is 17.4. The SMILES string of the molecule is Cc1ccc(NC(=O)CN2CCCC(CCC(=O)O)C2)cc1F. The summed E-state index contributed by atoms with van der Waals surface area (Å²) in [6.07, 6.45) is 2.80. The van der Waals surface area contributed by atoms with Crippen molar-refractivity contribution in [2.75, 3.05) is 25.0 Å². The van der Waals surface area contributed by atoms with Gasteiger partial charge in [-0.25, -0.2) is 4.39 Å². The van der Waals surface area contributed by atoms with Crippen molar-refractivity contribution in [1.29, 1.82) is 0 Å². The molecule has 6 heteroatoms. The smallest absolute Gasteiger partial charge is 0.303 e. The highest BCUT2D eigenvalue weighted by atomic mass is 19.1. The van der Waals surface area contributed by atoms with Crippen molar-refractivity contribution < 1.29 is 19.1 Å². The number of hydrogen-bond acceptors (Lipinski definition) is 3. The molecule has 1 unspecified atom stereocenters. The predicted octanol–water partition coefficient (Wildman–Crippen LogP) is 2.65. The van der Waals surface area contributed by atoms with Gasteiger partial charge in [-0.2, -0.15) is 0 Å². The average molecular weight is 322 g/mol. The number of rotatable bonds is 6. The van der Waals surface area contributed by atoms with Gasteiger partial charge < -0.3 is 10.4 Å². The molecule has 0 saturated carbocycles. The zero-order chi connectivity index (χ0) is 16.8. The molecule has 0 spiro atoms. The lowest BCUT2D eigenvalue weighted by Crippen LogP contribution is -2.40. The summed E-state index contributed by atoms with van der Waals surface area (Å²) >= 11 is 0. The van der Waals surface area contributed by atoms with Gasteiger partial charge >= 0.3 is 5.97 Å². The lowest BCUT2D eigenvalue weighted by Gasteiger charge is -2.32. The van der Waals surface area contributed by atoms with Crippen molar-refractivity contribution in [1.82, 2.24) is 4.90 Å².